The summed E-state index contributed by atoms with van der Waals surface area (Å²) in [5.74, 6) is 0. The molecule has 0 spiro atoms. The lowest BCUT2D eigenvalue weighted by Gasteiger charge is -2.10. The zero-order valence-corrected chi connectivity index (χ0v) is 12.0. The zero-order valence-electron chi connectivity index (χ0n) is 12.0. The van der Waals surface area contributed by atoms with Crippen LogP contribution < -0.4 is 0 Å². The molecule has 0 fully saturated rings. The molecule has 0 saturated carbocycles. The summed E-state index contributed by atoms with van der Waals surface area (Å²) < 4.78 is 1.87. The predicted octanol–water partition coefficient (Wildman–Crippen LogP) is 3.86. The summed E-state index contributed by atoms with van der Waals surface area (Å²) in [6, 6.07) is 14.5. The monoisotopic (exact) mass is 263 g/mol. The van der Waals surface area contributed by atoms with Crippen molar-refractivity contribution in [2.24, 2.45) is 0 Å². The van der Waals surface area contributed by atoms with Gasteiger partial charge in [-0.2, -0.15) is 0 Å². The van der Waals surface area contributed by atoms with E-state index in [9.17, 15) is 0 Å². The smallest absolute Gasteiger partial charge is 0.113 e. The Balaban J connectivity index is 2.07. The van der Waals surface area contributed by atoms with E-state index < -0.39 is 0 Å². The lowest BCUT2D eigenvalue weighted by atomic mass is 10.1. The van der Waals surface area contributed by atoms with Crippen LogP contribution in [0.2, 0.25) is 0 Å². The lowest BCUT2D eigenvalue weighted by molar-refractivity contribution is 0.793. The van der Waals surface area contributed by atoms with Crippen molar-refractivity contribution in [2.75, 3.05) is 0 Å². The average Bonchev–Trinajstić information content (AvgIpc) is 2.88. The normalized spacial score (nSPS) is 10.8. The molecule has 0 bridgehead atoms. The fourth-order valence-corrected chi connectivity index (χ4v) is 2.65. The molecule has 3 aromatic rings. The van der Waals surface area contributed by atoms with Gasteiger partial charge in [-0.1, -0.05) is 53.2 Å². The van der Waals surface area contributed by atoms with Crippen molar-refractivity contribution in [1.82, 2.24) is 15.0 Å². The molecular weight excluding hydrogens is 246 g/mol. The van der Waals surface area contributed by atoms with Gasteiger partial charge in [0, 0.05) is 5.56 Å². The Morgan fingerprint density at radius 2 is 1.55 bits per heavy atom. The van der Waals surface area contributed by atoms with E-state index in [4.69, 9.17) is 0 Å². The summed E-state index contributed by atoms with van der Waals surface area (Å²) in [5.41, 5.74) is 6.79. The highest BCUT2D eigenvalue weighted by Gasteiger charge is 2.09. The van der Waals surface area contributed by atoms with Crippen LogP contribution >= 0.6 is 0 Å². The molecule has 1 heterocycles. The molecule has 0 radical (unpaired) electrons. The number of rotatable bonds is 2. The van der Waals surface area contributed by atoms with Crippen LogP contribution in [0.15, 0.2) is 48.7 Å². The molecule has 0 aliphatic heterocycles. The molecule has 3 nitrogen and oxygen atoms in total. The highest BCUT2D eigenvalue weighted by molar-refractivity contribution is 5.58. The van der Waals surface area contributed by atoms with Crippen LogP contribution in [0.4, 0.5) is 0 Å². The van der Waals surface area contributed by atoms with E-state index in [1.807, 2.05) is 41.2 Å². The quantitative estimate of drug-likeness (QED) is 0.703. The molecule has 0 unspecified atom stereocenters. The Kier molecular flexibility index (Phi) is 3.11. The third-order valence-corrected chi connectivity index (χ3v) is 3.43. The number of hydrogen-bond acceptors (Lipinski definition) is 2. The van der Waals surface area contributed by atoms with Crippen LogP contribution in [0.1, 0.15) is 16.7 Å². The third kappa shape index (κ3) is 2.23. The van der Waals surface area contributed by atoms with Gasteiger partial charge in [0.1, 0.15) is 5.69 Å². The van der Waals surface area contributed by atoms with E-state index in [1.54, 1.807) is 0 Å². The summed E-state index contributed by atoms with van der Waals surface area (Å²) in [6.07, 6.45) is 1.99. The molecule has 0 aliphatic rings. The van der Waals surface area contributed by atoms with E-state index in [0.717, 1.165) is 16.9 Å². The van der Waals surface area contributed by atoms with E-state index in [0.29, 0.717) is 0 Å². The predicted molar refractivity (Wildman–Crippen MR) is 81.0 cm³/mol. The van der Waals surface area contributed by atoms with E-state index in [-0.39, 0.29) is 0 Å². The van der Waals surface area contributed by atoms with Crippen LogP contribution in [-0.2, 0) is 0 Å². The summed E-state index contributed by atoms with van der Waals surface area (Å²) in [5, 5.41) is 8.56. The maximum atomic E-state index is 4.28. The van der Waals surface area contributed by atoms with Crippen molar-refractivity contribution >= 4 is 0 Å². The first-order valence-electron chi connectivity index (χ1n) is 6.71. The molecule has 0 saturated heterocycles. The highest BCUT2D eigenvalue weighted by Crippen LogP contribution is 2.22. The number of nitrogens with zero attached hydrogens (tertiary/aromatic N) is 3. The van der Waals surface area contributed by atoms with Crippen LogP contribution in [0.3, 0.4) is 0 Å². The molecule has 1 aromatic heterocycles. The van der Waals surface area contributed by atoms with E-state index in [2.05, 4.69) is 43.2 Å². The van der Waals surface area contributed by atoms with Crippen molar-refractivity contribution in [1.29, 1.82) is 0 Å². The first-order valence-corrected chi connectivity index (χ1v) is 6.71. The molecule has 0 atom stereocenters. The van der Waals surface area contributed by atoms with Gasteiger partial charge in [-0.05, 0) is 31.9 Å². The standard InChI is InChI=1S/C17H17N3/c1-12-9-13(2)17(14(3)10-12)20-11-16(18-19-20)15-7-5-4-6-8-15/h4-11H,1-3H3. The first-order chi connectivity index (χ1) is 9.65. The average molecular weight is 263 g/mol. The number of aryl methyl sites for hydroxylation is 3. The van der Waals surface area contributed by atoms with E-state index in [1.165, 1.54) is 16.7 Å². The van der Waals surface area contributed by atoms with Gasteiger partial charge in [0.05, 0.1) is 11.9 Å². The van der Waals surface area contributed by atoms with Crippen molar-refractivity contribution in [2.45, 2.75) is 20.8 Å². The minimum Gasteiger partial charge on any atom is -0.220 e. The minimum atomic E-state index is 0.893. The molecule has 0 N–H and O–H groups in total. The summed E-state index contributed by atoms with van der Waals surface area (Å²) >= 11 is 0. The Bertz CT molecular complexity index is 719. The first kappa shape index (κ1) is 12.6. The van der Waals surface area contributed by atoms with Gasteiger partial charge in [-0.3, -0.25) is 0 Å². The Morgan fingerprint density at radius 1 is 0.900 bits per heavy atom. The van der Waals surface area contributed by atoms with Crippen LogP contribution in [0.25, 0.3) is 16.9 Å². The zero-order chi connectivity index (χ0) is 14.1. The fraction of sp³-hybridized carbons (Fsp3) is 0.176. The van der Waals surface area contributed by atoms with Gasteiger partial charge in [-0.15, -0.1) is 5.10 Å². The van der Waals surface area contributed by atoms with Crippen molar-refractivity contribution in [3.05, 3.63) is 65.4 Å². The number of benzene rings is 2. The molecular formula is C17H17N3. The van der Waals surface area contributed by atoms with E-state index >= 15 is 0 Å². The lowest BCUT2D eigenvalue weighted by Crippen LogP contribution is -2.01. The second-order valence-corrected chi connectivity index (χ2v) is 5.16. The minimum absolute atomic E-state index is 0.893. The molecule has 3 heteroatoms. The molecule has 2 aromatic carbocycles. The fourth-order valence-electron chi connectivity index (χ4n) is 2.65. The van der Waals surface area contributed by atoms with Crippen LogP contribution in [0, 0.1) is 20.8 Å². The summed E-state index contributed by atoms with van der Waals surface area (Å²) in [6.45, 7) is 6.33. The van der Waals surface area contributed by atoms with Crippen molar-refractivity contribution in [3.63, 3.8) is 0 Å². The summed E-state index contributed by atoms with van der Waals surface area (Å²) in [7, 11) is 0. The Hall–Kier alpha value is -2.42. The van der Waals surface area contributed by atoms with Crippen LogP contribution in [0.5, 0.6) is 0 Å². The van der Waals surface area contributed by atoms with Gasteiger partial charge >= 0.3 is 0 Å². The second kappa shape index (κ2) is 4.93. The van der Waals surface area contributed by atoms with Gasteiger partial charge in [0.15, 0.2) is 0 Å². The number of aromatic nitrogens is 3. The molecule has 3 rings (SSSR count). The van der Waals surface area contributed by atoms with Gasteiger partial charge in [0.2, 0.25) is 0 Å². The van der Waals surface area contributed by atoms with Crippen LogP contribution in [-0.4, -0.2) is 15.0 Å². The third-order valence-electron chi connectivity index (χ3n) is 3.43. The SMILES string of the molecule is Cc1cc(C)c(-n2cc(-c3ccccc3)nn2)c(C)c1. The maximum Gasteiger partial charge on any atom is 0.113 e. The van der Waals surface area contributed by atoms with Gasteiger partial charge < -0.3 is 0 Å². The van der Waals surface area contributed by atoms with Gasteiger partial charge in [-0.25, -0.2) is 4.68 Å². The van der Waals surface area contributed by atoms with Gasteiger partial charge in [0.25, 0.3) is 0 Å². The largest absolute Gasteiger partial charge is 0.220 e. The molecule has 100 valence electrons. The molecule has 20 heavy (non-hydrogen) atoms. The maximum absolute atomic E-state index is 4.28. The van der Waals surface area contributed by atoms with Crippen molar-refractivity contribution in [3.8, 4) is 16.9 Å². The number of hydrogen-bond donors (Lipinski definition) is 0. The highest BCUT2D eigenvalue weighted by atomic mass is 15.4. The summed E-state index contributed by atoms with van der Waals surface area (Å²) in [4.78, 5) is 0. The molecule has 0 aliphatic carbocycles. The molecule has 0 amide bonds. The Labute approximate surface area is 118 Å². The van der Waals surface area contributed by atoms with Crippen molar-refractivity contribution < 1.29 is 0 Å². The topological polar surface area (TPSA) is 30.7 Å². The second-order valence-electron chi connectivity index (χ2n) is 5.16. The Morgan fingerprint density at radius 3 is 2.20 bits per heavy atom.